The summed E-state index contributed by atoms with van der Waals surface area (Å²) in [5.74, 6) is 5.10. The number of hydrogen-bond donors (Lipinski definition) is 0. The predicted molar refractivity (Wildman–Crippen MR) is 156 cm³/mol. The lowest BCUT2D eigenvalue weighted by Crippen LogP contribution is -2.14. The highest BCUT2D eigenvalue weighted by atomic mass is 32.3. The third-order valence-corrected chi connectivity index (χ3v) is 11.1. The van der Waals surface area contributed by atoms with E-state index in [0.717, 1.165) is 24.5 Å². The van der Waals surface area contributed by atoms with Crippen molar-refractivity contribution >= 4 is 16.0 Å². The second-order valence-corrected chi connectivity index (χ2v) is 14.6. The molecule has 1 saturated carbocycles. The Morgan fingerprint density at radius 1 is 1.06 bits per heavy atom. The number of carbonyl (C=O) groups is 1. The molecule has 1 unspecified atom stereocenters. The van der Waals surface area contributed by atoms with Crippen LogP contribution >= 0.6 is 10.0 Å². The van der Waals surface area contributed by atoms with Crippen molar-refractivity contribution < 1.29 is 14.3 Å². The van der Waals surface area contributed by atoms with E-state index in [-0.39, 0.29) is 5.97 Å². The molecule has 198 valence electrons. The molecule has 0 spiro atoms. The summed E-state index contributed by atoms with van der Waals surface area (Å²) in [6.45, 7) is 9.34. The molecule has 1 aromatic carbocycles. The molecule has 0 N–H and O–H groups in total. The summed E-state index contributed by atoms with van der Waals surface area (Å²) in [5, 5.41) is 2.19. The van der Waals surface area contributed by atoms with Crippen molar-refractivity contribution in [3.8, 4) is 5.75 Å². The van der Waals surface area contributed by atoms with Crippen molar-refractivity contribution in [2.45, 2.75) is 71.6 Å². The van der Waals surface area contributed by atoms with E-state index in [1.807, 2.05) is 24.3 Å². The highest BCUT2D eigenvalue weighted by Gasteiger charge is 2.21. The molecule has 0 aliphatic heterocycles. The summed E-state index contributed by atoms with van der Waals surface area (Å²) >= 11 is 0. The van der Waals surface area contributed by atoms with Gasteiger partial charge in [0.1, 0.15) is 11.5 Å². The highest BCUT2D eigenvalue weighted by Crippen LogP contribution is 2.45. The summed E-state index contributed by atoms with van der Waals surface area (Å²) in [6.07, 6.45) is 21.4. The maximum atomic E-state index is 12.7. The Hall–Kier alpha value is -2.20. The quantitative estimate of drug-likeness (QED) is 0.196. The highest BCUT2D eigenvalue weighted by molar-refractivity contribution is 8.35. The number of esters is 1. The predicted octanol–water partition coefficient (Wildman–Crippen LogP) is 8.98. The number of unbranched alkanes of at least 4 members (excludes halogenated alkanes) is 3. The first-order chi connectivity index (χ1) is 17.4. The zero-order valence-corrected chi connectivity index (χ0v) is 23.5. The van der Waals surface area contributed by atoms with E-state index < -0.39 is 10.0 Å². The summed E-state index contributed by atoms with van der Waals surface area (Å²) in [7, 11) is -0.597. The second kappa shape index (κ2) is 14.5. The first-order valence-corrected chi connectivity index (χ1v) is 16.2. The molecule has 3 nitrogen and oxygen atoms in total. The molecule has 0 aromatic heterocycles. The van der Waals surface area contributed by atoms with Crippen LogP contribution in [0, 0.1) is 11.8 Å². The second-order valence-electron chi connectivity index (χ2n) is 10.6. The topological polar surface area (TPSA) is 35.5 Å². The lowest BCUT2D eigenvalue weighted by Gasteiger charge is -2.30. The normalized spacial score (nSPS) is 22.4. The van der Waals surface area contributed by atoms with Crippen molar-refractivity contribution in [1.82, 2.24) is 0 Å². The van der Waals surface area contributed by atoms with Gasteiger partial charge in [-0.15, -0.1) is 0 Å². The average Bonchev–Trinajstić information content (AvgIpc) is 3.14. The largest absolute Gasteiger partial charge is 0.494 e. The molecule has 3 rings (SSSR count). The lowest BCUT2D eigenvalue weighted by atomic mass is 9.78. The van der Waals surface area contributed by atoms with E-state index in [2.05, 4.69) is 44.2 Å². The van der Waals surface area contributed by atoms with Crippen LogP contribution in [0.4, 0.5) is 0 Å². The van der Waals surface area contributed by atoms with Gasteiger partial charge in [-0.1, -0.05) is 69.2 Å². The van der Waals surface area contributed by atoms with Gasteiger partial charge in [-0.2, -0.15) is 0 Å². The van der Waals surface area contributed by atoms with E-state index >= 15 is 0 Å². The van der Waals surface area contributed by atoms with Gasteiger partial charge in [0.15, 0.2) is 0 Å². The van der Waals surface area contributed by atoms with E-state index in [4.69, 9.17) is 9.47 Å². The molecular weight excluding hydrogens is 464 g/mol. The molecule has 36 heavy (non-hydrogen) atoms. The minimum atomic E-state index is -0.597. The lowest BCUT2D eigenvalue weighted by molar-refractivity contribution is 0.0637. The van der Waals surface area contributed by atoms with Crippen LogP contribution in [0.3, 0.4) is 0 Å². The fourth-order valence-electron chi connectivity index (χ4n) is 4.90. The van der Waals surface area contributed by atoms with Crippen LogP contribution in [0.5, 0.6) is 5.75 Å². The van der Waals surface area contributed by atoms with Crippen molar-refractivity contribution in [3.05, 3.63) is 77.5 Å². The van der Waals surface area contributed by atoms with Crippen LogP contribution in [-0.4, -0.2) is 30.3 Å². The summed E-state index contributed by atoms with van der Waals surface area (Å²) in [6, 6.07) is 7.28. The standard InChI is InChI=1S/C32H46O3S/c1-5-36(4,6-2)25-10-8-7-9-24-34-30-21-19-29(20-22-30)32(33)35-31-13-11-12-27(18-23-31)28-16-14-26(3)15-17-28/h5,11,13,18-23,26,28H,1,6-10,12,14-17,24-25H2,2-4H3. The van der Waals surface area contributed by atoms with Crippen LogP contribution in [0.15, 0.2) is 71.9 Å². The van der Waals surface area contributed by atoms with Gasteiger partial charge < -0.3 is 9.47 Å². The molecular formula is C32H46O3S. The van der Waals surface area contributed by atoms with Gasteiger partial charge in [0.25, 0.3) is 0 Å². The average molecular weight is 511 g/mol. The molecule has 1 aromatic rings. The van der Waals surface area contributed by atoms with E-state index in [1.54, 1.807) is 12.1 Å². The zero-order chi connectivity index (χ0) is 25.8. The van der Waals surface area contributed by atoms with E-state index in [1.165, 1.54) is 62.0 Å². The van der Waals surface area contributed by atoms with Crippen molar-refractivity contribution in [2.24, 2.45) is 11.8 Å². The molecule has 4 heteroatoms. The Kier molecular flexibility index (Phi) is 11.4. The number of rotatable bonds is 13. The van der Waals surface area contributed by atoms with Crippen molar-refractivity contribution in [2.75, 3.05) is 24.4 Å². The molecule has 2 aliphatic rings. The Morgan fingerprint density at radius 3 is 2.47 bits per heavy atom. The number of ether oxygens (including phenoxy) is 2. The maximum Gasteiger partial charge on any atom is 0.343 e. The van der Waals surface area contributed by atoms with Crippen molar-refractivity contribution in [1.29, 1.82) is 0 Å². The third kappa shape index (κ3) is 9.03. The SMILES string of the molecule is C=CS(C)(CC)CCCCCCOc1ccc(C(=O)OC2=CC=C(C3CCC(C)CC3)CC=C2)cc1. The molecule has 0 bridgehead atoms. The number of allylic oxidation sites excluding steroid dienone is 5. The van der Waals surface area contributed by atoms with Crippen molar-refractivity contribution in [3.63, 3.8) is 0 Å². The maximum absolute atomic E-state index is 12.7. The third-order valence-electron chi connectivity index (χ3n) is 7.77. The Balaban J connectivity index is 1.39. The Morgan fingerprint density at radius 2 is 1.78 bits per heavy atom. The fourth-order valence-corrected chi connectivity index (χ4v) is 6.46. The molecule has 2 aliphatic carbocycles. The van der Waals surface area contributed by atoms with Gasteiger partial charge in [-0.05, 0) is 98.1 Å². The van der Waals surface area contributed by atoms with Gasteiger partial charge in [0.2, 0.25) is 0 Å². The summed E-state index contributed by atoms with van der Waals surface area (Å²) < 4.78 is 11.6. The Labute approximate surface area is 221 Å². The van der Waals surface area contributed by atoms with Crippen LogP contribution in [0.25, 0.3) is 0 Å². The minimum absolute atomic E-state index is 0.332. The van der Waals surface area contributed by atoms with E-state index in [9.17, 15) is 4.79 Å². The van der Waals surface area contributed by atoms with Crippen LogP contribution < -0.4 is 4.74 Å². The summed E-state index contributed by atoms with van der Waals surface area (Å²) in [4.78, 5) is 12.7. The molecule has 0 radical (unpaired) electrons. The monoisotopic (exact) mass is 510 g/mol. The first kappa shape index (κ1) is 28.4. The summed E-state index contributed by atoms with van der Waals surface area (Å²) in [5.41, 5.74) is 2.00. The van der Waals surface area contributed by atoms with Gasteiger partial charge >= 0.3 is 5.97 Å². The first-order valence-electron chi connectivity index (χ1n) is 13.8. The fraction of sp³-hybridized carbons (Fsp3) is 0.531. The Bertz CT molecular complexity index is 935. The molecule has 0 heterocycles. The van der Waals surface area contributed by atoms with Gasteiger partial charge in [-0.25, -0.2) is 14.8 Å². The van der Waals surface area contributed by atoms with E-state index in [0.29, 0.717) is 23.8 Å². The minimum Gasteiger partial charge on any atom is -0.494 e. The van der Waals surface area contributed by atoms with Crippen LogP contribution in [0.1, 0.15) is 82.0 Å². The molecule has 0 amide bonds. The van der Waals surface area contributed by atoms with Gasteiger partial charge in [0.05, 0.1) is 12.2 Å². The molecule has 0 saturated heterocycles. The van der Waals surface area contributed by atoms with Crippen LogP contribution in [0.2, 0.25) is 0 Å². The van der Waals surface area contributed by atoms with Crippen LogP contribution in [-0.2, 0) is 4.74 Å². The smallest absolute Gasteiger partial charge is 0.343 e. The van der Waals surface area contributed by atoms with Gasteiger partial charge in [0, 0.05) is 0 Å². The number of hydrogen-bond acceptors (Lipinski definition) is 3. The number of benzene rings is 1. The molecule has 1 atom stereocenters. The number of carbonyl (C=O) groups excluding carboxylic acids is 1. The van der Waals surface area contributed by atoms with Gasteiger partial charge in [-0.3, -0.25) is 0 Å². The molecule has 1 fully saturated rings. The zero-order valence-electron chi connectivity index (χ0n) is 22.7.